The van der Waals surface area contributed by atoms with Crippen molar-refractivity contribution in [2.45, 2.75) is 13.8 Å². The first-order valence-electron chi connectivity index (χ1n) is 5.01. The van der Waals surface area contributed by atoms with Crippen LogP contribution in [0.5, 0.6) is 5.88 Å². The molecule has 0 amide bonds. The van der Waals surface area contributed by atoms with E-state index in [4.69, 9.17) is 10.6 Å². The number of ether oxygens (including phenoxy) is 1. The quantitative estimate of drug-likeness (QED) is 0.519. The van der Waals surface area contributed by atoms with E-state index in [-0.39, 0.29) is 0 Å². The van der Waals surface area contributed by atoms with E-state index in [1.165, 1.54) is 0 Å². The molecule has 2 aromatic heterocycles. The number of H-pyrrole nitrogens is 1. The summed E-state index contributed by atoms with van der Waals surface area (Å²) in [7, 11) is 0. The van der Waals surface area contributed by atoms with Crippen LogP contribution in [0.3, 0.4) is 0 Å². The van der Waals surface area contributed by atoms with Gasteiger partial charge in [-0.2, -0.15) is 15.1 Å². The van der Waals surface area contributed by atoms with Crippen LogP contribution in [-0.2, 0) is 0 Å². The van der Waals surface area contributed by atoms with Crippen molar-refractivity contribution in [2.75, 3.05) is 12.0 Å². The zero-order valence-electron chi connectivity index (χ0n) is 9.19. The second-order valence-electron chi connectivity index (χ2n) is 3.83. The van der Waals surface area contributed by atoms with Gasteiger partial charge in [-0.15, -0.1) is 0 Å². The Hall–Kier alpha value is -1.89. The number of rotatable bonds is 4. The number of hydrogen-bond acceptors (Lipinski definition) is 6. The Morgan fingerprint density at radius 2 is 2.31 bits per heavy atom. The molecular weight excluding hydrogens is 208 g/mol. The number of hydrogen-bond donors (Lipinski definition) is 3. The molecule has 0 spiro atoms. The SMILES string of the molecule is CC(C)COc1nc(NN)nc2[nH]ncc12. The average molecular weight is 222 g/mol. The molecule has 0 fully saturated rings. The van der Waals surface area contributed by atoms with Gasteiger partial charge in [-0.05, 0) is 5.92 Å². The molecule has 0 atom stereocenters. The van der Waals surface area contributed by atoms with Gasteiger partial charge in [-0.1, -0.05) is 13.8 Å². The number of nitrogens with zero attached hydrogens (tertiary/aromatic N) is 3. The van der Waals surface area contributed by atoms with Crippen LogP contribution in [0.15, 0.2) is 6.20 Å². The maximum absolute atomic E-state index is 5.57. The molecule has 16 heavy (non-hydrogen) atoms. The highest BCUT2D eigenvalue weighted by molar-refractivity contribution is 5.80. The van der Waals surface area contributed by atoms with Crippen molar-refractivity contribution in [1.82, 2.24) is 20.2 Å². The number of nitrogens with two attached hydrogens (primary N) is 1. The monoisotopic (exact) mass is 222 g/mol. The van der Waals surface area contributed by atoms with Crippen LogP contribution in [0.2, 0.25) is 0 Å². The predicted molar refractivity (Wildman–Crippen MR) is 59.8 cm³/mol. The smallest absolute Gasteiger partial charge is 0.242 e. The number of aromatic nitrogens is 4. The normalized spacial score (nSPS) is 11.0. The topological polar surface area (TPSA) is 102 Å². The summed E-state index contributed by atoms with van der Waals surface area (Å²) < 4.78 is 5.57. The fraction of sp³-hybridized carbons (Fsp3) is 0.444. The molecule has 0 saturated heterocycles. The maximum atomic E-state index is 5.57. The number of nitrogen functional groups attached to an aromatic ring is 1. The Morgan fingerprint density at radius 3 is 3.00 bits per heavy atom. The minimum absolute atomic E-state index is 0.301. The second-order valence-corrected chi connectivity index (χ2v) is 3.83. The van der Waals surface area contributed by atoms with Gasteiger partial charge in [0.2, 0.25) is 11.8 Å². The van der Waals surface area contributed by atoms with Gasteiger partial charge in [0.1, 0.15) is 5.39 Å². The molecule has 0 radical (unpaired) electrons. The van der Waals surface area contributed by atoms with Crippen LogP contribution < -0.4 is 16.0 Å². The van der Waals surface area contributed by atoms with Crippen molar-refractivity contribution in [2.24, 2.45) is 11.8 Å². The first-order chi connectivity index (χ1) is 7.70. The van der Waals surface area contributed by atoms with Gasteiger partial charge >= 0.3 is 0 Å². The van der Waals surface area contributed by atoms with Gasteiger partial charge < -0.3 is 4.74 Å². The zero-order chi connectivity index (χ0) is 11.5. The van der Waals surface area contributed by atoms with E-state index in [1.54, 1.807) is 6.20 Å². The molecule has 0 unspecified atom stereocenters. The van der Waals surface area contributed by atoms with Gasteiger partial charge in [0, 0.05) is 0 Å². The Labute approximate surface area is 92.4 Å². The Kier molecular flexibility index (Phi) is 2.86. The third kappa shape index (κ3) is 2.03. The van der Waals surface area contributed by atoms with Crippen LogP contribution in [-0.4, -0.2) is 26.8 Å². The van der Waals surface area contributed by atoms with Crippen molar-refractivity contribution >= 4 is 17.0 Å². The van der Waals surface area contributed by atoms with Crippen LogP contribution in [0.4, 0.5) is 5.95 Å². The number of nitrogens with one attached hydrogen (secondary N) is 2. The summed E-state index contributed by atoms with van der Waals surface area (Å²) in [5.74, 6) is 6.48. The molecule has 2 rings (SSSR count). The van der Waals surface area contributed by atoms with E-state index < -0.39 is 0 Å². The maximum Gasteiger partial charge on any atom is 0.242 e. The van der Waals surface area contributed by atoms with E-state index in [0.29, 0.717) is 30.0 Å². The van der Waals surface area contributed by atoms with Gasteiger partial charge in [0.25, 0.3) is 0 Å². The lowest BCUT2D eigenvalue weighted by Crippen LogP contribution is -2.12. The summed E-state index contributed by atoms with van der Waals surface area (Å²) >= 11 is 0. The van der Waals surface area contributed by atoms with Crippen LogP contribution in [0.25, 0.3) is 11.0 Å². The van der Waals surface area contributed by atoms with E-state index in [9.17, 15) is 0 Å². The van der Waals surface area contributed by atoms with Crippen molar-refractivity contribution < 1.29 is 4.74 Å². The number of aromatic amines is 1. The van der Waals surface area contributed by atoms with E-state index in [2.05, 4.69) is 39.4 Å². The molecule has 0 aliphatic rings. The standard InChI is InChI=1S/C9H14N6O/c1-5(2)4-16-8-6-3-11-15-7(6)12-9(13-8)14-10/h3,5H,4,10H2,1-2H3,(H2,11,12,13,14,15). The molecule has 2 heterocycles. The molecule has 0 aliphatic heterocycles. The van der Waals surface area contributed by atoms with Gasteiger partial charge in [-0.25, -0.2) is 5.84 Å². The lowest BCUT2D eigenvalue weighted by Gasteiger charge is -2.09. The molecule has 7 nitrogen and oxygen atoms in total. The second kappa shape index (κ2) is 4.31. The van der Waals surface area contributed by atoms with Gasteiger partial charge in [0.05, 0.1) is 12.8 Å². The minimum atomic E-state index is 0.301. The summed E-state index contributed by atoms with van der Waals surface area (Å²) in [6.07, 6.45) is 1.63. The first-order valence-corrected chi connectivity index (χ1v) is 5.01. The summed E-state index contributed by atoms with van der Waals surface area (Å²) in [4.78, 5) is 8.23. The summed E-state index contributed by atoms with van der Waals surface area (Å²) in [6.45, 7) is 4.72. The Morgan fingerprint density at radius 1 is 1.50 bits per heavy atom. The zero-order valence-corrected chi connectivity index (χ0v) is 9.19. The Bertz CT molecular complexity index is 480. The van der Waals surface area contributed by atoms with E-state index in [0.717, 1.165) is 5.39 Å². The molecule has 0 saturated carbocycles. The molecule has 4 N–H and O–H groups in total. The van der Waals surface area contributed by atoms with Gasteiger partial charge in [-0.3, -0.25) is 10.5 Å². The highest BCUT2D eigenvalue weighted by Crippen LogP contribution is 2.22. The van der Waals surface area contributed by atoms with Crippen LogP contribution >= 0.6 is 0 Å². The van der Waals surface area contributed by atoms with Crippen molar-refractivity contribution in [3.05, 3.63) is 6.20 Å². The lowest BCUT2D eigenvalue weighted by atomic mass is 10.2. The molecule has 0 aromatic carbocycles. The first kappa shape index (κ1) is 10.6. The third-order valence-electron chi connectivity index (χ3n) is 1.96. The van der Waals surface area contributed by atoms with Crippen molar-refractivity contribution in [1.29, 1.82) is 0 Å². The van der Waals surface area contributed by atoms with Crippen molar-refractivity contribution in [3.8, 4) is 5.88 Å². The average Bonchev–Trinajstić information content (AvgIpc) is 2.73. The summed E-state index contributed by atoms with van der Waals surface area (Å²) in [6, 6.07) is 0. The Balaban J connectivity index is 2.36. The molecule has 2 aromatic rings. The predicted octanol–water partition coefficient (Wildman–Crippen LogP) is 0.673. The van der Waals surface area contributed by atoms with Crippen LogP contribution in [0, 0.1) is 5.92 Å². The minimum Gasteiger partial charge on any atom is -0.477 e. The number of hydrazine groups is 1. The fourth-order valence-corrected chi connectivity index (χ4v) is 1.23. The van der Waals surface area contributed by atoms with Crippen molar-refractivity contribution in [3.63, 3.8) is 0 Å². The molecule has 86 valence electrons. The summed E-state index contributed by atoms with van der Waals surface area (Å²) in [5.41, 5.74) is 2.99. The van der Waals surface area contributed by atoms with E-state index in [1.807, 2.05) is 0 Å². The van der Waals surface area contributed by atoms with E-state index >= 15 is 0 Å². The number of fused-ring (bicyclic) bond motifs is 1. The summed E-state index contributed by atoms with van der Waals surface area (Å²) in [5, 5.41) is 7.38. The molecule has 7 heteroatoms. The van der Waals surface area contributed by atoms with Crippen LogP contribution in [0.1, 0.15) is 13.8 Å². The third-order valence-corrected chi connectivity index (χ3v) is 1.96. The fourth-order valence-electron chi connectivity index (χ4n) is 1.23. The number of anilines is 1. The van der Waals surface area contributed by atoms with Gasteiger partial charge in [0.15, 0.2) is 5.65 Å². The lowest BCUT2D eigenvalue weighted by molar-refractivity contribution is 0.265. The molecule has 0 bridgehead atoms. The largest absolute Gasteiger partial charge is 0.477 e. The molecule has 0 aliphatic carbocycles. The molecular formula is C9H14N6O. The highest BCUT2D eigenvalue weighted by Gasteiger charge is 2.10. The highest BCUT2D eigenvalue weighted by atomic mass is 16.5.